The van der Waals surface area contributed by atoms with Crippen LogP contribution in [0.3, 0.4) is 0 Å². The maximum atomic E-state index is 12.2. The van der Waals surface area contributed by atoms with Gasteiger partial charge in [0.1, 0.15) is 5.75 Å². The predicted octanol–water partition coefficient (Wildman–Crippen LogP) is 3.45. The number of hydrogen-bond acceptors (Lipinski definition) is 3. The standard InChI is InChI=1S/C17H12ClNO4/c1-23-11-4-2-3-9(7-11)15(18)14-12-8-10(17(21)22)5-6-13(12)19-16(14)20/h2-8H,1H3,(H,19,20)(H,21,22)/b15-14-. The Kier molecular flexibility index (Phi) is 3.80. The number of carboxylic acid groups (broad SMARTS) is 1. The van der Waals surface area contributed by atoms with Crippen LogP contribution in [-0.2, 0) is 4.79 Å². The summed E-state index contributed by atoms with van der Waals surface area (Å²) < 4.78 is 5.16. The molecular weight excluding hydrogens is 318 g/mol. The summed E-state index contributed by atoms with van der Waals surface area (Å²) in [4.78, 5) is 23.4. The zero-order valence-electron chi connectivity index (χ0n) is 12.1. The number of fused-ring (bicyclic) bond motifs is 1. The van der Waals surface area contributed by atoms with E-state index in [0.717, 1.165) is 0 Å². The van der Waals surface area contributed by atoms with Gasteiger partial charge in [-0.15, -0.1) is 0 Å². The molecule has 0 saturated heterocycles. The van der Waals surface area contributed by atoms with E-state index in [4.69, 9.17) is 21.4 Å². The minimum atomic E-state index is -1.07. The molecule has 23 heavy (non-hydrogen) atoms. The predicted molar refractivity (Wildman–Crippen MR) is 87.7 cm³/mol. The van der Waals surface area contributed by atoms with Crippen LogP contribution >= 0.6 is 11.6 Å². The van der Waals surface area contributed by atoms with Crippen LogP contribution in [0.4, 0.5) is 5.69 Å². The molecule has 0 fully saturated rings. The molecule has 0 spiro atoms. The number of halogens is 1. The molecule has 0 aromatic heterocycles. The number of amides is 1. The third-order valence-electron chi connectivity index (χ3n) is 3.55. The summed E-state index contributed by atoms with van der Waals surface area (Å²) in [6.45, 7) is 0. The zero-order valence-corrected chi connectivity index (χ0v) is 12.8. The Balaban J connectivity index is 2.17. The van der Waals surface area contributed by atoms with Crippen molar-refractivity contribution in [3.8, 4) is 5.75 Å². The summed E-state index contributed by atoms with van der Waals surface area (Å²) in [7, 11) is 1.54. The first-order chi connectivity index (χ1) is 11.0. The molecule has 6 heteroatoms. The summed E-state index contributed by atoms with van der Waals surface area (Å²) in [5, 5.41) is 12.0. The molecular formula is C17H12ClNO4. The van der Waals surface area contributed by atoms with E-state index < -0.39 is 5.97 Å². The smallest absolute Gasteiger partial charge is 0.335 e. The van der Waals surface area contributed by atoms with Crippen molar-refractivity contribution in [2.75, 3.05) is 12.4 Å². The summed E-state index contributed by atoms with van der Waals surface area (Å²) in [5.41, 5.74) is 1.97. The topological polar surface area (TPSA) is 75.6 Å². The number of hydrogen-bond donors (Lipinski definition) is 2. The molecule has 0 radical (unpaired) electrons. The van der Waals surface area contributed by atoms with Crippen molar-refractivity contribution in [3.63, 3.8) is 0 Å². The molecule has 3 rings (SSSR count). The zero-order chi connectivity index (χ0) is 16.6. The second-order valence-corrected chi connectivity index (χ2v) is 5.32. The van der Waals surface area contributed by atoms with Gasteiger partial charge in [-0.25, -0.2) is 4.79 Å². The molecule has 2 N–H and O–H groups in total. The molecule has 2 aromatic rings. The van der Waals surface area contributed by atoms with Crippen LogP contribution in [0.15, 0.2) is 42.5 Å². The van der Waals surface area contributed by atoms with Gasteiger partial charge in [0.25, 0.3) is 5.91 Å². The highest BCUT2D eigenvalue weighted by atomic mass is 35.5. The monoisotopic (exact) mass is 329 g/mol. The highest BCUT2D eigenvalue weighted by molar-refractivity contribution is 6.59. The van der Waals surface area contributed by atoms with Crippen molar-refractivity contribution >= 4 is 39.8 Å². The fourth-order valence-corrected chi connectivity index (χ4v) is 2.73. The van der Waals surface area contributed by atoms with Crippen LogP contribution in [0.25, 0.3) is 10.6 Å². The molecule has 1 aliphatic heterocycles. The first kappa shape index (κ1) is 15.1. The van der Waals surface area contributed by atoms with E-state index >= 15 is 0 Å². The summed E-state index contributed by atoms with van der Waals surface area (Å²) >= 11 is 6.41. The number of anilines is 1. The minimum Gasteiger partial charge on any atom is -0.497 e. The molecule has 0 aliphatic carbocycles. The second-order valence-electron chi connectivity index (χ2n) is 4.94. The number of carbonyl (C=O) groups excluding carboxylic acids is 1. The van der Waals surface area contributed by atoms with Crippen LogP contribution in [0.1, 0.15) is 21.5 Å². The van der Waals surface area contributed by atoms with Gasteiger partial charge in [-0.2, -0.15) is 0 Å². The Bertz CT molecular complexity index is 857. The van der Waals surface area contributed by atoms with Crippen LogP contribution in [0.5, 0.6) is 5.75 Å². The number of methoxy groups -OCH3 is 1. The lowest BCUT2D eigenvalue weighted by atomic mass is 10.0. The summed E-state index contributed by atoms with van der Waals surface area (Å²) in [6.07, 6.45) is 0. The number of ether oxygens (including phenoxy) is 1. The molecule has 0 unspecified atom stereocenters. The molecule has 116 valence electrons. The van der Waals surface area contributed by atoms with Crippen LogP contribution < -0.4 is 10.1 Å². The average molecular weight is 330 g/mol. The van der Waals surface area contributed by atoms with E-state index in [1.807, 2.05) is 0 Å². The Morgan fingerprint density at radius 1 is 1.17 bits per heavy atom. The summed E-state index contributed by atoms with van der Waals surface area (Å²) in [5.74, 6) is -0.821. The number of rotatable bonds is 3. The number of benzene rings is 2. The third kappa shape index (κ3) is 2.66. The highest BCUT2D eigenvalue weighted by Crippen LogP contribution is 2.39. The normalized spacial score (nSPS) is 15.0. The second kappa shape index (κ2) is 5.78. The van der Waals surface area contributed by atoms with Crippen LogP contribution in [0, 0.1) is 0 Å². The lowest BCUT2D eigenvalue weighted by Gasteiger charge is -2.07. The average Bonchev–Trinajstić information content (AvgIpc) is 2.89. The first-order valence-electron chi connectivity index (χ1n) is 6.74. The van der Waals surface area contributed by atoms with Gasteiger partial charge in [-0.1, -0.05) is 23.7 Å². The van der Waals surface area contributed by atoms with Gasteiger partial charge in [0.05, 0.1) is 23.3 Å². The van der Waals surface area contributed by atoms with Crippen LogP contribution in [-0.4, -0.2) is 24.1 Å². The largest absolute Gasteiger partial charge is 0.497 e. The Labute approximate surface area is 137 Å². The molecule has 1 aliphatic rings. The van der Waals surface area contributed by atoms with Crippen molar-refractivity contribution in [3.05, 3.63) is 59.2 Å². The number of carboxylic acids is 1. The minimum absolute atomic E-state index is 0.0906. The van der Waals surface area contributed by atoms with Gasteiger partial charge < -0.3 is 15.2 Å². The van der Waals surface area contributed by atoms with Crippen molar-refractivity contribution in [2.45, 2.75) is 0 Å². The third-order valence-corrected chi connectivity index (χ3v) is 3.96. The van der Waals surface area contributed by atoms with E-state index in [1.165, 1.54) is 19.2 Å². The number of carbonyl (C=O) groups is 2. The van der Waals surface area contributed by atoms with Gasteiger partial charge in [0.2, 0.25) is 0 Å². The van der Waals surface area contributed by atoms with Gasteiger partial charge >= 0.3 is 5.97 Å². The van der Waals surface area contributed by atoms with Crippen molar-refractivity contribution < 1.29 is 19.4 Å². The highest BCUT2D eigenvalue weighted by Gasteiger charge is 2.28. The van der Waals surface area contributed by atoms with E-state index in [0.29, 0.717) is 22.6 Å². The molecule has 0 saturated carbocycles. The van der Waals surface area contributed by atoms with Gasteiger partial charge in [-0.05, 0) is 35.9 Å². The number of aromatic carboxylic acids is 1. The Morgan fingerprint density at radius 2 is 1.96 bits per heavy atom. The molecule has 0 atom stereocenters. The molecule has 0 bridgehead atoms. The van der Waals surface area contributed by atoms with E-state index in [-0.39, 0.29) is 22.1 Å². The quantitative estimate of drug-likeness (QED) is 0.846. The first-order valence-corrected chi connectivity index (χ1v) is 7.12. The fourth-order valence-electron chi connectivity index (χ4n) is 2.42. The lowest BCUT2D eigenvalue weighted by Crippen LogP contribution is -2.04. The van der Waals surface area contributed by atoms with Crippen molar-refractivity contribution in [2.24, 2.45) is 0 Å². The van der Waals surface area contributed by atoms with Crippen molar-refractivity contribution in [1.29, 1.82) is 0 Å². The number of nitrogens with one attached hydrogen (secondary N) is 1. The van der Waals surface area contributed by atoms with E-state index in [1.54, 1.807) is 30.3 Å². The molecule has 5 nitrogen and oxygen atoms in total. The van der Waals surface area contributed by atoms with Gasteiger partial charge in [-0.3, -0.25) is 4.79 Å². The van der Waals surface area contributed by atoms with Crippen molar-refractivity contribution in [1.82, 2.24) is 0 Å². The maximum Gasteiger partial charge on any atom is 0.335 e. The molecule has 1 heterocycles. The lowest BCUT2D eigenvalue weighted by molar-refractivity contribution is -0.110. The van der Waals surface area contributed by atoms with E-state index in [9.17, 15) is 9.59 Å². The molecule has 2 aromatic carbocycles. The fraction of sp³-hybridized carbons (Fsp3) is 0.0588. The molecule has 1 amide bonds. The van der Waals surface area contributed by atoms with Gasteiger partial charge in [0, 0.05) is 11.3 Å². The Hall–Kier alpha value is -2.79. The van der Waals surface area contributed by atoms with E-state index in [2.05, 4.69) is 5.32 Å². The SMILES string of the molecule is COc1cccc(/C(Cl)=C2/C(=O)Nc3ccc(C(=O)O)cc32)c1. The van der Waals surface area contributed by atoms with Crippen LogP contribution in [0.2, 0.25) is 0 Å². The van der Waals surface area contributed by atoms with Gasteiger partial charge in [0.15, 0.2) is 0 Å². The summed E-state index contributed by atoms with van der Waals surface area (Å²) in [6, 6.07) is 11.4. The Morgan fingerprint density at radius 3 is 2.65 bits per heavy atom. The maximum absolute atomic E-state index is 12.2.